The smallest absolute Gasteiger partial charge is 0.249 e. The molecule has 0 spiro atoms. The largest absolute Gasteiger partial charge is 0.366 e. The number of aromatic nitrogens is 3. The van der Waals surface area contributed by atoms with E-state index in [0.29, 0.717) is 43.4 Å². The van der Waals surface area contributed by atoms with E-state index in [1.807, 2.05) is 11.0 Å². The highest BCUT2D eigenvalue weighted by Gasteiger charge is 2.20. The van der Waals surface area contributed by atoms with Crippen LogP contribution in [0.2, 0.25) is 0 Å². The number of rotatable bonds is 4. The number of halogens is 1. The summed E-state index contributed by atoms with van der Waals surface area (Å²) in [6, 6.07) is 15.9. The summed E-state index contributed by atoms with van der Waals surface area (Å²) in [6.07, 6.45) is 1.63. The Balaban J connectivity index is 1.42. The molecule has 0 radical (unpaired) electrons. The number of hydrogen-bond donors (Lipinski definition) is 1. The first-order valence-electron chi connectivity index (χ1n) is 8.94. The Morgan fingerprint density at radius 2 is 1.68 bits per heavy atom. The fourth-order valence-electron chi connectivity index (χ4n) is 3.14. The molecule has 140 valence electrons. The highest BCUT2D eigenvalue weighted by atomic mass is 19.1. The molecule has 1 aliphatic rings. The van der Waals surface area contributed by atoms with Crippen LogP contribution in [0.4, 0.5) is 27.5 Å². The molecule has 8 heteroatoms. The third-order valence-corrected chi connectivity index (χ3v) is 4.61. The number of anilines is 4. The second kappa shape index (κ2) is 7.88. The van der Waals surface area contributed by atoms with Crippen molar-refractivity contribution in [2.75, 3.05) is 41.3 Å². The van der Waals surface area contributed by atoms with Gasteiger partial charge in [0.2, 0.25) is 5.95 Å². The van der Waals surface area contributed by atoms with Crippen LogP contribution in [0.3, 0.4) is 0 Å². The summed E-state index contributed by atoms with van der Waals surface area (Å²) in [7, 11) is 0. The quantitative estimate of drug-likeness (QED) is 0.751. The molecule has 0 atom stereocenters. The fourth-order valence-corrected chi connectivity index (χ4v) is 3.14. The first kappa shape index (κ1) is 17.7. The summed E-state index contributed by atoms with van der Waals surface area (Å²) < 4.78 is 14.0. The lowest BCUT2D eigenvalue weighted by molar-refractivity contribution is 0.595. The van der Waals surface area contributed by atoms with E-state index in [2.05, 4.69) is 31.5 Å². The Bertz CT molecular complexity index is 992. The van der Waals surface area contributed by atoms with Gasteiger partial charge in [-0.3, -0.25) is 0 Å². The third-order valence-electron chi connectivity index (χ3n) is 4.61. The zero-order valence-corrected chi connectivity index (χ0v) is 15.1. The van der Waals surface area contributed by atoms with E-state index in [-0.39, 0.29) is 5.82 Å². The molecule has 4 rings (SSSR count). The monoisotopic (exact) mass is 375 g/mol. The molecule has 7 nitrogen and oxygen atoms in total. The third kappa shape index (κ3) is 3.83. The van der Waals surface area contributed by atoms with Crippen LogP contribution in [0.25, 0.3) is 0 Å². The van der Waals surface area contributed by atoms with Gasteiger partial charge >= 0.3 is 0 Å². The number of nitrogens with zero attached hydrogens (tertiary/aromatic N) is 6. The SMILES string of the molecule is N#Cc1ccc(Nc2nncc(N3CCN(c4ccccc4F)CC3)n2)cc1. The second-order valence-corrected chi connectivity index (χ2v) is 6.38. The van der Waals surface area contributed by atoms with Crippen LogP contribution in [0.15, 0.2) is 54.7 Å². The normalized spacial score (nSPS) is 13.9. The van der Waals surface area contributed by atoms with E-state index in [1.165, 1.54) is 6.07 Å². The molecule has 0 amide bonds. The molecule has 0 unspecified atom stereocenters. The van der Waals surface area contributed by atoms with E-state index < -0.39 is 0 Å². The van der Waals surface area contributed by atoms with Crippen LogP contribution in [0.5, 0.6) is 0 Å². The maximum Gasteiger partial charge on any atom is 0.249 e. The van der Waals surface area contributed by atoms with Crippen LogP contribution in [-0.2, 0) is 0 Å². The van der Waals surface area contributed by atoms with Crippen molar-refractivity contribution in [1.82, 2.24) is 15.2 Å². The number of hydrogen-bond acceptors (Lipinski definition) is 7. The van der Waals surface area contributed by atoms with Crippen LogP contribution < -0.4 is 15.1 Å². The highest BCUT2D eigenvalue weighted by molar-refractivity contribution is 5.56. The number of nitriles is 1. The maximum atomic E-state index is 14.0. The topological polar surface area (TPSA) is 81.0 Å². The molecule has 1 aliphatic heterocycles. The van der Waals surface area contributed by atoms with Crippen molar-refractivity contribution in [3.8, 4) is 6.07 Å². The molecule has 3 aromatic rings. The van der Waals surface area contributed by atoms with Crippen molar-refractivity contribution in [2.24, 2.45) is 0 Å². The minimum absolute atomic E-state index is 0.200. The predicted octanol–water partition coefficient (Wildman–Crippen LogP) is 2.95. The average Bonchev–Trinajstić information content (AvgIpc) is 2.75. The molecule has 1 N–H and O–H groups in total. The van der Waals surface area contributed by atoms with Gasteiger partial charge in [-0.25, -0.2) is 4.39 Å². The number of para-hydroxylation sites is 1. The molecule has 0 bridgehead atoms. The van der Waals surface area contributed by atoms with Crippen LogP contribution in [0, 0.1) is 17.1 Å². The summed E-state index contributed by atoms with van der Waals surface area (Å²) >= 11 is 0. The Kier molecular flexibility index (Phi) is 4.97. The van der Waals surface area contributed by atoms with Gasteiger partial charge in [-0.2, -0.15) is 15.3 Å². The first-order chi connectivity index (χ1) is 13.7. The van der Waals surface area contributed by atoms with Crippen molar-refractivity contribution in [3.63, 3.8) is 0 Å². The van der Waals surface area contributed by atoms with E-state index in [9.17, 15) is 4.39 Å². The van der Waals surface area contributed by atoms with E-state index in [1.54, 1.807) is 42.6 Å². The fraction of sp³-hybridized carbons (Fsp3) is 0.200. The van der Waals surface area contributed by atoms with Gasteiger partial charge in [0.25, 0.3) is 0 Å². The molecule has 2 aromatic carbocycles. The summed E-state index contributed by atoms with van der Waals surface area (Å²) in [5.74, 6) is 0.909. The Labute approximate surface area is 162 Å². The van der Waals surface area contributed by atoms with Crippen LogP contribution >= 0.6 is 0 Å². The molecule has 2 heterocycles. The molecule has 1 aromatic heterocycles. The Morgan fingerprint density at radius 3 is 2.39 bits per heavy atom. The van der Waals surface area contributed by atoms with Gasteiger partial charge < -0.3 is 15.1 Å². The van der Waals surface area contributed by atoms with E-state index in [4.69, 9.17) is 5.26 Å². The van der Waals surface area contributed by atoms with Crippen LogP contribution in [-0.4, -0.2) is 41.4 Å². The van der Waals surface area contributed by atoms with Gasteiger partial charge in [0, 0.05) is 31.9 Å². The molecule has 0 saturated carbocycles. The van der Waals surface area contributed by atoms with Crippen molar-refractivity contribution < 1.29 is 4.39 Å². The van der Waals surface area contributed by atoms with Crippen LogP contribution in [0.1, 0.15) is 5.56 Å². The van der Waals surface area contributed by atoms with Gasteiger partial charge in [0.1, 0.15) is 5.82 Å². The maximum absolute atomic E-state index is 14.0. The molecule has 28 heavy (non-hydrogen) atoms. The summed E-state index contributed by atoms with van der Waals surface area (Å²) in [5, 5.41) is 20.0. The van der Waals surface area contributed by atoms with Gasteiger partial charge in [0.15, 0.2) is 5.82 Å². The van der Waals surface area contributed by atoms with Gasteiger partial charge in [-0.1, -0.05) is 12.1 Å². The predicted molar refractivity (Wildman–Crippen MR) is 105 cm³/mol. The lowest BCUT2D eigenvalue weighted by atomic mass is 10.2. The van der Waals surface area contributed by atoms with Crippen molar-refractivity contribution in [3.05, 3.63) is 66.1 Å². The van der Waals surface area contributed by atoms with Crippen molar-refractivity contribution in [2.45, 2.75) is 0 Å². The van der Waals surface area contributed by atoms with E-state index in [0.717, 1.165) is 11.5 Å². The summed E-state index contributed by atoms with van der Waals surface area (Å²) in [6.45, 7) is 2.82. The molecule has 1 fully saturated rings. The Morgan fingerprint density at radius 1 is 0.964 bits per heavy atom. The van der Waals surface area contributed by atoms with Gasteiger partial charge in [0.05, 0.1) is 23.5 Å². The number of benzene rings is 2. The zero-order valence-electron chi connectivity index (χ0n) is 15.1. The van der Waals surface area contributed by atoms with Crippen molar-refractivity contribution >= 4 is 23.1 Å². The number of piperazine rings is 1. The molecule has 0 aliphatic carbocycles. The van der Waals surface area contributed by atoms with E-state index >= 15 is 0 Å². The lowest BCUT2D eigenvalue weighted by Crippen LogP contribution is -2.47. The molecular formula is C20H18FN7. The molecular weight excluding hydrogens is 357 g/mol. The van der Waals surface area contributed by atoms with Gasteiger partial charge in [-0.05, 0) is 36.4 Å². The summed E-state index contributed by atoms with van der Waals surface area (Å²) in [5.41, 5.74) is 2.00. The first-order valence-corrected chi connectivity index (χ1v) is 8.94. The Hall–Kier alpha value is -3.73. The lowest BCUT2D eigenvalue weighted by Gasteiger charge is -2.36. The molecule has 1 saturated heterocycles. The summed E-state index contributed by atoms with van der Waals surface area (Å²) in [4.78, 5) is 8.68. The minimum atomic E-state index is -0.200. The zero-order chi connectivity index (χ0) is 19.3. The minimum Gasteiger partial charge on any atom is -0.366 e. The highest BCUT2D eigenvalue weighted by Crippen LogP contribution is 2.22. The average molecular weight is 375 g/mol. The van der Waals surface area contributed by atoms with Gasteiger partial charge in [-0.15, -0.1) is 5.10 Å². The standard InChI is InChI=1S/C20H18FN7/c21-17-3-1-2-4-18(17)27-9-11-28(12-10-27)19-14-23-26-20(25-19)24-16-7-5-15(13-22)6-8-16/h1-8,14H,9-12H2,(H,24,25,26). The van der Waals surface area contributed by atoms with Crippen molar-refractivity contribution in [1.29, 1.82) is 5.26 Å². The number of nitrogens with one attached hydrogen (secondary N) is 1. The second-order valence-electron chi connectivity index (χ2n) is 6.38.